The Kier molecular flexibility index (Phi) is 7.24. The van der Waals surface area contributed by atoms with Gasteiger partial charge in [-0.2, -0.15) is 5.10 Å². The second kappa shape index (κ2) is 11.1. The minimum Gasteiger partial charge on any atom is -0.352 e. The molecule has 0 bridgehead atoms. The first-order valence-electron chi connectivity index (χ1n) is 11.8. The Hall–Kier alpha value is -4.16. The molecule has 2 heterocycles. The highest BCUT2D eigenvalue weighted by Gasteiger charge is 2.13. The number of aromatic amines is 1. The summed E-state index contributed by atoms with van der Waals surface area (Å²) >= 11 is 1.57. The lowest BCUT2D eigenvalue weighted by Crippen LogP contribution is -2.26. The molecule has 1 amide bonds. The summed E-state index contributed by atoms with van der Waals surface area (Å²) in [7, 11) is 0. The van der Waals surface area contributed by atoms with Crippen molar-refractivity contribution < 1.29 is 4.79 Å². The topological polar surface area (TPSA) is 70.7 Å². The molecule has 0 fully saturated rings. The molecule has 2 aromatic heterocycles. The third-order valence-electron chi connectivity index (χ3n) is 5.84. The number of aryl methyl sites for hydroxylation is 1. The standard InChI is InChI=1S/C30H26N4OS/c1-21-9-11-22(12-10-21)17-19-32-30(35)26-7-2-3-8-29(26)36-24-14-15-25-27(33-34-28(25)20-24)16-13-23-6-4-5-18-31-23/h2-16,18,20H,17,19H2,1H3,(H,32,35)(H,33,34)/b16-13+. The summed E-state index contributed by atoms with van der Waals surface area (Å²) in [4.78, 5) is 19.2. The van der Waals surface area contributed by atoms with Crippen LogP contribution in [0, 0.1) is 6.92 Å². The van der Waals surface area contributed by atoms with Gasteiger partial charge in [0.25, 0.3) is 5.91 Å². The zero-order valence-electron chi connectivity index (χ0n) is 19.9. The maximum absolute atomic E-state index is 13.0. The zero-order valence-corrected chi connectivity index (χ0v) is 20.8. The van der Waals surface area contributed by atoms with Crippen LogP contribution in [0.4, 0.5) is 0 Å². The maximum Gasteiger partial charge on any atom is 0.252 e. The van der Waals surface area contributed by atoms with Gasteiger partial charge < -0.3 is 5.32 Å². The number of nitrogens with zero attached hydrogens (tertiary/aromatic N) is 2. The van der Waals surface area contributed by atoms with Crippen LogP contribution in [0.3, 0.4) is 0 Å². The lowest BCUT2D eigenvalue weighted by Gasteiger charge is -2.10. The second-order valence-corrected chi connectivity index (χ2v) is 9.61. The molecular formula is C30H26N4OS. The molecule has 3 aromatic carbocycles. The Labute approximate surface area is 214 Å². The molecule has 0 radical (unpaired) electrons. The van der Waals surface area contributed by atoms with Crippen LogP contribution in [0.25, 0.3) is 23.1 Å². The van der Waals surface area contributed by atoms with Crippen molar-refractivity contribution in [3.05, 3.63) is 119 Å². The molecule has 5 rings (SSSR count). The Morgan fingerprint density at radius 3 is 2.64 bits per heavy atom. The number of carbonyl (C=O) groups excluding carboxylic acids is 1. The van der Waals surface area contributed by atoms with Crippen molar-refractivity contribution in [2.24, 2.45) is 0 Å². The van der Waals surface area contributed by atoms with Crippen molar-refractivity contribution in [1.82, 2.24) is 20.5 Å². The van der Waals surface area contributed by atoms with Gasteiger partial charge in [0.15, 0.2) is 0 Å². The predicted octanol–water partition coefficient (Wildman–Crippen LogP) is 6.56. The highest BCUT2D eigenvalue weighted by atomic mass is 32.2. The lowest BCUT2D eigenvalue weighted by atomic mass is 10.1. The minimum absolute atomic E-state index is 0.0604. The van der Waals surface area contributed by atoms with Gasteiger partial charge in [0.1, 0.15) is 0 Å². The molecule has 178 valence electrons. The van der Waals surface area contributed by atoms with E-state index >= 15 is 0 Å². The van der Waals surface area contributed by atoms with Gasteiger partial charge in [0.05, 0.1) is 22.5 Å². The van der Waals surface area contributed by atoms with E-state index in [0.717, 1.165) is 38.5 Å². The van der Waals surface area contributed by atoms with Crippen molar-refractivity contribution in [1.29, 1.82) is 0 Å². The van der Waals surface area contributed by atoms with Crippen molar-refractivity contribution in [3.8, 4) is 0 Å². The van der Waals surface area contributed by atoms with E-state index in [1.54, 1.807) is 18.0 Å². The Balaban J connectivity index is 1.27. The zero-order chi connectivity index (χ0) is 24.7. The first-order chi connectivity index (χ1) is 17.7. The van der Waals surface area contributed by atoms with Crippen LogP contribution in [0.2, 0.25) is 0 Å². The molecule has 0 spiro atoms. The van der Waals surface area contributed by atoms with Crippen LogP contribution in [-0.4, -0.2) is 27.6 Å². The van der Waals surface area contributed by atoms with Gasteiger partial charge in [-0.1, -0.05) is 59.8 Å². The first-order valence-corrected chi connectivity index (χ1v) is 12.7. The molecule has 0 aliphatic carbocycles. The number of hydrogen-bond donors (Lipinski definition) is 2. The third-order valence-corrected chi connectivity index (χ3v) is 6.91. The van der Waals surface area contributed by atoms with Gasteiger partial charge in [0.2, 0.25) is 0 Å². The van der Waals surface area contributed by atoms with E-state index in [4.69, 9.17) is 0 Å². The third kappa shape index (κ3) is 5.73. The van der Waals surface area contributed by atoms with Crippen molar-refractivity contribution >= 4 is 40.7 Å². The fourth-order valence-electron chi connectivity index (χ4n) is 3.89. The van der Waals surface area contributed by atoms with E-state index in [1.165, 1.54) is 11.1 Å². The number of nitrogens with one attached hydrogen (secondary N) is 2. The normalized spacial score (nSPS) is 11.2. The molecular weight excluding hydrogens is 464 g/mol. The van der Waals surface area contributed by atoms with E-state index in [2.05, 4.69) is 69.9 Å². The van der Waals surface area contributed by atoms with Crippen molar-refractivity contribution in [3.63, 3.8) is 0 Å². The summed E-state index contributed by atoms with van der Waals surface area (Å²) in [5.74, 6) is -0.0604. The average Bonchev–Trinajstić information content (AvgIpc) is 3.31. The average molecular weight is 491 g/mol. The van der Waals surface area contributed by atoms with E-state index in [9.17, 15) is 4.79 Å². The number of rotatable bonds is 8. The molecule has 0 atom stereocenters. The van der Waals surface area contributed by atoms with Gasteiger partial charge in [-0.3, -0.25) is 14.9 Å². The first kappa shape index (κ1) is 23.6. The van der Waals surface area contributed by atoms with Crippen LogP contribution >= 0.6 is 11.8 Å². The monoisotopic (exact) mass is 490 g/mol. The van der Waals surface area contributed by atoms with Gasteiger partial charge in [0, 0.05) is 27.9 Å². The molecule has 36 heavy (non-hydrogen) atoms. The Bertz CT molecular complexity index is 1510. The van der Waals surface area contributed by atoms with E-state index in [1.807, 2.05) is 54.6 Å². The van der Waals surface area contributed by atoms with Crippen molar-refractivity contribution in [2.45, 2.75) is 23.1 Å². The van der Waals surface area contributed by atoms with Crippen LogP contribution in [0.1, 0.15) is 32.9 Å². The number of H-pyrrole nitrogens is 1. The van der Waals surface area contributed by atoms with Gasteiger partial charge in [-0.25, -0.2) is 0 Å². The van der Waals surface area contributed by atoms with Gasteiger partial charge in [-0.05, 0) is 73.5 Å². The molecule has 5 aromatic rings. The van der Waals surface area contributed by atoms with Gasteiger partial charge in [-0.15, -0.1) is 0 Å². The number of carbonyl (C=O) groups is 1. The van der Waals surface area contributed by atoms with E-state index in [-0.39, 0.29) is 5.91 Å². The Morgan fingerprint density at radius 2 is 1.81 bits per heavy atom. The quantitative estimate of drug-likeness (QED) is 0.258. The summed E-state index contributed by atoms with van der Waals surface area (Å²) in [5.41, 5.74) is 5.82. The van der Waals surface area contributed by atoms with Gasteiger partial charge >= 0.3 is 0 Å². The number of amides is 1. The smallest absolute Gasteiger partial charge is 0.252 e. The molecule has 0 saturated carbocycles. The Morgan fingerprint density at radius 1 is 0.972 bits per heavy atom. The van der Waals surface area contributed by atoms with Crippen LogP contribution in [-0.2, 0) is 6.42 Å². The SMILES string of the molecule is Cc1ccc(CCNC(=O)c2ccccc2Sc2ccc3c(/C=C/c4ccccn4)n[nH]c3c2)cc1. The molecule has 2 N–H and O–H groups in total. The lowest BCUT2D eigenvalue weighted by molar-refractivity contribution is 0.0951. The van der Waals surface area contributed by atoms with Crippen LogP contribution in [0.5, 0.6) is 0 Å². The summed E-state index contributed by atoms with van der Waals surface area (Å²) in [6.45, 7) is 2.67. The summed E-state index contributed by atoms with van der Waals surface area (Å²) in [6.07, 6.45) is 6.49. The van der Waals surface area contributed by atoms with Crippen LogP contribution in [0.15, 0.2) is 101 Å². The fraction of sp³-hybridized carbons (Fsp3) is 0.100. The number of hydrogen-bond acceptors (Lipinski definition) is 4. The molecule has 0 unspecified atom stereocenters. The molecule has 0 saturated heterocycles. The fourth-order valence-corrected chi connectivity index (χ4v) is 4.87. The predicted molar refractivity (Wildman–Crippen MR) is 147 cm³/mol. The van der Waals surface area contributed by atoms with Crippen molar-refractivity contribution in [2.75, 3.05) is 6.54 Å². The highest BCUT2D eigenvalue weighted by molar-refractivity contribution is 7.99. The summed E-state index contributed by atoms with van der Waals surface area (Å²) < 4.78 is 0. The van der Waals surface area contributed by atoms with Crippen LogP contribution < -0.4 is 5.32 Å². The minimum atomic E-state index is -0.0604. The second-order valence-electron chi connectivity index (χ2n) is 8.49. The number of benzene rings is 3. The number of aromatic nitrogens is 3. The molecule has 5 nitrogen and oxygen atoms in total. The van der Waals surface area contributed by atoms with E-state index < -0.39 is 0 Å². The largest absolute Gasteiger partial charge is 0.352 e. The highest BCUT2D eigenvalue weighted by Crippen LogP contribution is 2.33. The number of pyridine rings is 1. The summed E-state index contributed by atoms with van der Waals surface area (Å²) in [6, 6.07) is 28.1. The maximum atomic E-state index is 13.0. The number of fused-ring (bicyclic) bond motifs is 1. The molecule has 6 heteroatoms. The molecule has 0 aliphatic heterocycles. The molecule has 0 aliphatic rings. The summed E-state index contributed by atoms with van der Waals surface area (Å²) in [5, 5.41) is 11.7. The van der Waals surface area contributed by atoms with E-state index in [0.29, 0.717) is 12.1 Å².